The normalized spacial score (nSPS) is 16.0. The first-order valence-corrected chi connectivity index (χ1v) is 5.44. The molecule has 1 fully saturated rings. The maximum Gasteiger partial charge on any atom is 0.123 e. The van der Waals surface area contributed by atoms with Crippen LogP contribution in [0.4, 0.5) is 0 Å². The summed E-state index contributed by atoms with van der Waals surface area (Å²) < 4.78 is 5.90. The second-order valence-corrected chi connectivity index (χ2v) is 4.46. The minimum Gasteiger partial charge on any atom is -0.490 e. The van der Waals surface area contributed by atoms with E-state index in [2.05, 4.69) is 39.0 Å². The third-order valence-electron chi connectivity index (χ3n) is 2.68. The van der Waals surface area contributed by atoms with Crippen LogP contribution in [0, 0.1) is 6.92 Å². The average Bonchev–Trinajstić information content (AvgIpc) is 2.87. The Labute approximate surface area is 86.1 Å². The standard InChI is InChI=1S/C13H18O/c1-9(2)13-10(3)5-4-6-12(13)14-11-7-8-11/h4-6,9,11H,7-8H2,1-3H3. The lowest BCUT2D eigenvalue weighted by molar-refractivity contribution is 0.298. The molecular weight excluding hydrogens is 172 g/mol. The first-order chi connectivity index (χ1) is 6.68. The fourth-order valence-corrected chi connectivity index (χ4v) is 1.86. The van der Waals surface area contributed by atoms with Gasteiger partial charge in [0.2, 0.25) is 0 Å². The summed E-state index contributed by atoms with van der Waals surface area (Å²) in [6, 6.07) is 6.34. The zero-order valence-corrected chi connectivity index (χ0v) is 9.21. The molecule has 0 N–H and O–H groups in total. The highest BCUT2D eigenvalue weighted by Crippen LogP contribution is 2.34. The van der Waals surface area contributed by atoms with Crippen molar-refractivity contribution in [3.63, 3.8) is 0 Å². The van der Waals surface area contributed by atoms with Crippen molar-refractivity contribution in [3.8, 4) is 5.75 Å². The summed E-state index contributed by atoms with van der Waals surface area (Å²) in [5.74, 6) is 1.65. The molecule has 1 nitrogen and oxygen atoms in total. The number of hydrogen-bond donors (Lipinski definition) is 0. The summed E-state index contributed by atoms with van der Waals surface area (Å²) in [5.41, 5.74) is 2.72. The van der Waals surface area contributed by atoms with Gasteiger partial charge in [-0.25, -0.2) is 0 Å². The van der Waals surface area contributed by atoms with E-state index in [4.69, 9.17) is 4.74 Å². The largest absolute Gasteiger partial charge is 0.490 e. The van der Waals surface area contributed by atoms with Crippen LogP contribution in [0.25, 0.3) is 0 Å². The van der Waals surface area contributed by atoms with Crippen molar-refractivity contribution in [2.75, 3.05) is 0 Å². The molecular formula is C13H18O. The summed E-state index contributed by atoms with van der Waals surface area (Å²) in [7, 11) is 0. The van der Waals surface area contributed by atoms with Crippen LogP contribution in [0.3, 0.4) is 0 Å². The van der Waals surface area contributed by atoms with Crippen LogP contribution in [0.2, 0.25) is 0 Å². The zero-order chi connectivity index (χ0) is 10.1. The topological polar surface area (TPSA) is 9.23 Å². The van der Waals surface area contributed by atoms with E-state index in [-0.39, 0.29) is 0 Å². The van der Waals surface area contributed by atoms with Crippen LogP contribution < -0.4 is 4.74 Å². The van der Waals surface area contributed by atoms with Crippen molar-refractivity contribution < 1.29 is 4.74 Å². The molecule has 1 aliphatic rings. The van der Waals surface area contributed by atoms with Crippen molar-refractivity contribution in [2.45, 2.75) is 45.6 Å². The first-order valence-electron chi connectivity index (χ1n) is 5.44. The van der Waals surface area contributed by atoms with E-state index in [0.717, 1.165) is 5.75 Å². The Balaban J connectivity index is 2.30. The Bertz CT molecular complexity index is 324. The van der Waals surface area contributed by atoms with Gasteiger partial charge < -0.3 is 4.74 Å². The van der Waals surface area contributed by atoms with Gasteiger partial charge in [-0.2, -0.15) is 0 Å². The van der Waals surface area contributed by atoms with E-state index in [0.29, 0.717) is 12.0 Å². The molecule has 14 heavy (non-hydrogen) atoms. The third-order valence-corrected chi connectivity index (χ3v) is 2.68. The highest BCUT2D eigenvalue weighted by atomic mass is 16.5. The average molecular weight is 190 g/mol. The Morgan fingerprint density at radius 2 is 2.00 bits per heavy atom. The zero-order valence-electron chi connectivity index (χ0n) is 9.21. The van der Waals surface area contributed by atoms with E-state index in [1.54, 1.807) is 0 Å². The molecule has 1 saturated carbocycles. The molecule has 1 heteroatoms. The fourth-order valence-electron chi connectivity index (χ4n) is 1.86. The number of ether oxygens (including phenoxy) is 1. The van der Waals surface area contributed by atoms with E-state index >= 15 is 0 Å². The molecule has 0 atom stereocenters. The van der Waals surface area contributed by atoms with Crippen LogP contribution in [0.15, 0.2) is 18.2 Å². The predicted molar refractivity (Wildman–Crippen MR) is 58.9 cm³/mol. The Morgan fingerprint density at radius 1 is 1.29 bits per heavy atom. The van der Waals surface area contributed by atoms with E-state index in [9.17, 15) is 0 Å². The summed E-state index contributed by atoms with van der Waals surface area (Å²) in [5, 5.41) is 0. The monoisotopic (exact) mass is 190 g/mol. The maximum atomic E-state index is 5.90. The van der Waals surface area contributed by atoms with Gasteiger partial charge in [0.05, 0.1) is 6.10 Å². The van der Waals surface area contributed by atoms with Gasteiger partial charge >= 0.3 is 0 Å². The molecule has 1 aromatic carbocycles. The van der Waals surface area contributed by atoms with Crippen molar-refractivity contribution >= 4 is 0 Å². The Morgan fingerprint density at radius 3 is 2.57 bits per heavy atom. The van der Waals surface area contributed by atoms with Gasteiger partial charge in [-0.05, 0) is 42.9 Å². The number of benzene rings is 1. The quantitative estimate of drug-likeness (QED) is 0.706. The summed E-state index contributed by atoms with van der Waals surface area (Å²) in [6.45, 7) is 6.61. The number of rotatable bonds is 3. The van der Waals surface area contributed by atoms with Gasteiger partial charge in [0.1, 0.15) is 5.75 Å². The lowest BCUT2D eigenvalue weighted by Gasteiger charge is -2.16. The van der Waals surface area contributed by atoms with Gasteiger partial charge in [-0.15, -0.1) is 0 Å². The van der Waals surface area contributed by atoms with Crippen molar-refractivity contribution in [3.05, 3.63) is 29.3 Å². The highest BCUT2D eigenvalue weighted by molar-refractivity contribution is 5.42. The number of aryl methyl sites for hydroxylation is 1. The van der Waals surface area contributed by atoms with Gasteiger partial charge in [-0.3, -0.25) is 0 Å². The molecule has 76 valence electrons. The van der Waals surface area contributed by atoms with Crippen LogP contribution >= 0.6 is 0 Å². The SMILES string of the molecule is Cc1cccc(OC2CC2)c1C(C)C. The van der Waals surface area contributed by atoms with Crippen LogP contribution in [-0.4, -0.2) is 6.10 Å². The molecule has 2 rings (SSSR count). The first kappa shape index (κ1) is 9.57. The smallest absolute Gasteiger partial charge is 0.123 e. The van der Waals surface area contributed by atoms with Crippen LogP contribution in [0.1, 0.15) is 43.7 Å². The molecule has 0 unspecified atom stereocenters. The van der Waals surface area contributed by atoms with Crippen molar-refractivity contribution in [1.82, 2.24) is 0 Å². The molecule has 0 radical (unpaired) electrons. The lowest BCUT2D eigenvalue weighted by atomic mass is 9.97. The Hall–Kier alpha value is -0.980. The third kappa shape index (κ3) is 1.92. The molecule has 0 aliphatic heterocycles. The van der Waals surface area contributed by atoms with E-state index in [1.165, 1.54) is 24.0 Å². The summed E-state index contributed by atoms with van der Waals surface area (Å²) in [6.07, 6.45) is 2.95. The number of hydrogen-bond acceptors (Lipinski definition) is 1. The molecule has 0 amide bonds. The molecule has 1 aromatic rings. The highest BCUT2D eigenvalue weighted by Gasteiger charge is 2.25. The Kier molecular flexibility index (Phi) is 2.49. The molecule has 0 heterocycles. The van der Waals surface area contributed by atoms with Crippen molar-refractivity contribution in [2.24, 2.45) is 0 Å². The molecule has 0 aromatic heterocycles. The molecule has 1 aliphatic carbocycles. The minimum atomic E-state index is 0.495. The van der Waals surface area contributed by atoms with Crippen LogP contribution in [0.5, 0.6) is 5.75 Å². The van der Waals surface area contributed by atoms with Gasteiger partial charge in [0, 0.05) is 0 Å². The van der Waals surface area contributed by atoms with Crippen LogP contribution in [-0.2, 0) is 0 Å². The summed E-state index contributed by atoms with van der Waals surface area (Å²) in [4.78, 5) is 0. The second-order valence-electron chi connectivity index (χ2n) is 4.46. The van der Waals surface area contributed by atoms with E-state index < -0.39 is 0 Å². The van der Waals surface area contributed by atoms with Crippen molar-refractivity contribution in [1.29, 1.82) is 0 Å². The van der Waals surface area contributed by atoms with Gasteiger partial charge in [0.25, 0.3) is 0 Å². The lowest BCUT2D eigenvalue weighted by Crippen LogP contribution is -2.02. The predicted octanol–water partition coefficient (Wildman–Crippen LogP) is 3.66. The van der Waals surface area contributed by atoms with E-state index in [1.807, 2.05) is 0 Å². The molecule has 0 bridgehead atoms. The fraction of sp³-hybridized carbons (Fsp3) is 0.538. The minimum absolute atomic E-state index is 0.495. The van der Waals surface area contributed by atoms with Gasteiger partial charge in [-0.1, -0.05) is 26.0 Å². The molecule has 0 saturated heterocycles. The van der Waals surface area contributed by atoms with Gasteiger partial charge in [0.15, 0.2) is 0 Å². The summed E-state index contributed by atoms with van der Waals surface area (Å²) >= 11 is 0. The second kappa shape index (κ2) is 3.64. The molecule has 0 spiro atoms. The maximum absolute atomic E-state index is 5.90.